The molecule has 23 heavy (non-hydrogen) atoms. The molecule has 2 rings (SSSR count). The number of ketones is 1. The quantitative estimate of drug-likeness (QED) is 0.839. The van der Waals surface area contributed by atoms with Gasteiger partial charge in [-0.1, -0.05) is 12.5 Å². The topological polar surface area (TPSA) is 64.6 Å². The van der Waals surface area contributed by atoms with Crippen LogP contribution in [0.5, 0.6) is 11.5 Å². The normalized spacial score (nSPS) is 17.7. The van der Waals surface area contributed by atoms with Gasteiger partial charge in [-0.3, -0.25) is 9.59 Å². The summed E-state index contributed by atoms with van der Waals surface area (Å²) < 4.78 is 10.5. The number of rotatable bonds is 7. The monoisotopic (exact) mass is 319 g/mol. The first kappa shape index (κ1) is 17.3. The molecule has 1 atom stereocenters. The van der Waals surface area contributed by atoms with E-state index >= 15 is 0 Å². The number of hydrogen-bond acceptors (Lipinski definition) is 4. The van der Waals surface area contributed by atoms with Crippen molar-refractivity contribution < 1.29 is 19.1 Å². The van der Waals surface area contributed by atoms with Gasteiger partial charge < -0.3 is 14.8 Å². The molecule has 0 radical (unpaired) electrons. The van der Waals surface area contributed by atoms with Crippen molar-refractivity contribution in [2.24, 2.45) is 5.92 Å². The predicted molar refractivity (Wildman–Crippen MR) is 87.8 cm³/mol. The minimum atomic E-state index is -0.0789. The summed E-state index contributed by atoms with van der Waals surface area (Å²) in [6.07, 6.45) is 4.53. The van der Waals surface area contributed by atoms with E-state index in [0.717, 1.165) is 24.8 Å². The summed E-state index contributed by atoms with van der Waals surface area (Å²) >= 11 is 0. The first-order valence-electron chi connectivity index (χ1n) is 8.14. The van der Waals surface area contributed by atoms with E-state index in [1.54, 1.807) is 14.2 Å². The van der Waals surface area contributed by atoms with Gasteiger partial charge in [-0.2, -0.15) is 0 Å². The van der Waals surface area contributed by atoms with E-state index in [1.807, 2.05) is 18.2 Å². The molecular weight excluding hydrogens is 294 g/mol. The van der Waals surface area contributed by atoms with Gasteiger partial charge in [-0.15, -0.1) is 0 Å². The molecule has 1 amide bonds. The molecule has 5 nitrogen and oxygen atoms in total. The molecule has 0 spiro atoms. The van der Waals surface area contributed by atoms with Gasteiger partial charge in [0.05, 0.1) is 14.2 Å². The third-order valence-corrected chi connectivity index (χ3v) is 4.30. The van der Waals surface area contributed by atoms with Crippen molar-refractivity contribution >= 4 is 11.7 Å². The van der Waals surface area contributed by atoms with Crippen LogP contribution in [0.2, 0.25) is 0 Å². The molecule has 0 bridgehead atoms. The Bertz CT molecular complexity index is 556. The zero-order valence-electron chi connectivity index (χ0n) is 13.9. The van der Waals surface area contributed by atoms with E-state index in [0.29, 0.717) is 37.3 Å². The maximum atomic E-state index is 12.0. The summed E-state index contributed by atoms with van der Waals surface area (Å²) in [7, 11) is 3.20. The summed E-state index contributed by atoms with van der Waals surface area (Å²) in [5.41, 5.74) is 1.07. The maximum absolute atomic E-state index is 12.0. The molecule has 0 aliphatic heterocycles. The van der Waals surface area contributed by atoms with Crippen LogP contribution in [0, 0.1) is 5.92 Å². The van der Waals surface area contributed by atoms with Crippen molar-refractivity contribution in [1.29, 1.82) is 0 Å². The van der Waals surface area contributed by atoms with E-state index in [2.05, 4.69) is 5.32 Å². The number of benzene rings is 1. The van der Waals surface area contributed by atoms with Crippen LogP contribution in [0.3, 0.4) is 0 Å². The molecular formula is C18H25NO4. The predicted octanol–water partition coefficient (Wildman–Crippen LogP) is 2.51. The van der Waals surface area contributed by atoms with E-state index in [-0.39, 0.29) is 17.6 Å². The van der Waals surface area contributed by atoms with E-state index in [9.17, 15) is 9.59 Å². The second-order valence-corrected chi connectivity index (χ2v) is 5.90. The van der Waals surface area contributed by atoms with Crippen LogP contribution < -0.4 is 14.8 Å². The Morgan fingerprint density at radius 1 is 1.22 bits per heavy atom. The zero-order chi connectivity index (χ0) is 16.7. The first-order chi connectivity index (χ1) is 11.1. The van der Waals surface area contributed by atoms with Crippen LogP contribution in [0.15, 0.2) is 18.2 Å². The minimum absolute atomic E-state index is 0.0364. The van der Waals surface area contributed by atoms with Crippen molar-refractivity contribution in [3.8, 4) is 11.5 Å². The van der Waals surface area contributed by atoms with Crippen molar-refractivity contribution in [3.05, 3.63) is 23.8 Å². The largest absolute Gasteiger partial charge is 0.493 e. The Balaban J connectivity index is 1.78. The number of amides is 1. The average Bonchev–Trinajstić information content (AvgIpc) is 2.56. The Labute approximate surface area is 137 Å². The number of nitrogens with one attached hydrogen (secondary N) is 1. The molecule has 1 unspecified atom stereocenters. The lowest BCUT2D eigenvalue weighted by molar-refractivity contribution is -0.130. The highest BCUT2D eigenvalue weighted by Crippen LogP contribution is 2.27. The summed E-state index contributed by atoms with van der Waals surface area (Å²) in [5.74, 6) is 1.50. The molecule has 126 valence electrons. The summed E-state index contributed by atoms with van der Waals surface area (Å²) in [6.45, 7) is 0.551. The number of methoxy groups -OCH3 is 2. The van der Waals surface area contributed by atoms with Gasteiger partial charge in [0.25, 0.3) is 0 Å². The van der Waals surface area contributed by atoms with Crippen molar-refractivity contribution in [2.75, 3.05) is 20.8 Å². The molecule has 0 aromatic heterocycles. The lowest BCUT2D eigenvalue weighted by atomic mass is 9.85. The molecule has 1 aliphatic rings. The number of carbonyl (C=O) groups excluding carboxylic acids is 2. The Hall–Kier alpha value is -2.04. The van der Waals surface area contributed by atoms with Crippen molar-refractivity contribution in [3.63, 3.8) is 0 Å². The molecule has 1 aromatic rings. The number of hydrogen-bond donors (Lipinski definition) is 1. The van der Waals surface area contributed by atoms with Gasteiger partial charge in [0.1, 0.15) is 5.78 Å². The van der Waals surface area contributed by atoms with E-state index in [1.165, 1.54) is 0 Å². The second kappa shape index (κ2) is 8.56. The molecule has 1 N–H and O–H groups in total. The van der Waals surface area contributed by atoms with E-state index in [4.69, 9.17) is 9.47 Å². The van der Waals surface area contributed by atoms with Gasteiger partial charge >= 0.3 is 0 Å². The fourth-order valence-electron chi connectivity index (χ4n) is 2.95. The molecule has 1 aliphatic carbocycles. The summed E-state index contributed by atoms with van der Waals surface area (Å²) in [6, 6.07) is 5.73. The Morgan fingerprint density at radius 3 is 2.70 bits per heavy atom. The number of ether oxygens (including phenoxy) is 2. The average molecular weight is 319 g/mol. The smallest absolute Gasteiger partial charge is 0.220 e. The number of Topliss-reactive ketones (excluding diaryl/α,β-unsaturated/α-hetero) is 1. The SMILES string of the molecule is COc1ccc(CCNC(=O)CC2CCCCC2=O)cc1OC. The molecule has 0 saturated heterocycles. The van der Waals surface area contributed by atoms with Gasteiger partial charge in [-0.05, 0) is 37.0 Å². The van der Waals surface area contributed by atoms with Gasteiger partial charge in [0.2, 0.25) is 5.91 Å². The van der Waals surface area contributed by atoms with Crippen molar-refractivity contribution in [1.82, 2.24) is 5.32 Å². The molecule has 0 heterocycles. The van der Waals surface area contributed by atoms with Crippen LogP contribution >= 0.6 is 0 Å². The fraction of sp³-hybridized carbons (Fsp3) is 0.556. The summed E-state index contributed by atoms with van der Waals surface area (Å²) in [4.78, 5) is 23.7. The van der Waals surface area contributed by atoms with Crippen LogP contribution in [-0.4, -0.2) is 32.5 Å². The van der Waals surface area contributed by atoms with E-state index < -0.39 is 0 Å². The number of carbonyl (C=O) groups is 2. The minimum Gasteiger partial charge on any atom is -0.493 e. The molecule has 1 aromatic carbocycles. The fourth-order valence-corrected chi connectivity index (χ4v) is 2.95. The van der Waals surface area contributed by atoms with Crippen LogP contribution in [0.4, 0.5) is 0 Å². The maximum Gasteiger partial charge on any atom is 0.220 e. The highest BCUT2D eigenvalue weighted by atomic mass is 16.5. The molecule has 1 fully saturated rings. The third kappa shape index (κ3) is 4.98. The van der Waals surface area contributed by atoms with Gasteiger partial charge in [0.15, 0.2) is 11.5 Å². The van der Waals surface area contributed by atoms with Crippen molar-refractivity contribution in [2.45, 2.75) is 38.5 Å². The highest BCUT2D eigenvalue weighted by Gasteiger charge is 2.24. The Kier molecular flexibility index (Phi) is 6.44. The zero-order valence-corrected chi connectivity index (χ0v) is 13.9. The lowest BCUT2D eigenvalue weighted by Gasteiger charge is -2.19. The molecule has 1 saturated carbocycles. The first-order valence-corrected chi connectivity index (χ1v) is 8.14. The Morgan fingerprint density at radius 2 is 2.00 bits per heavy atom. The van der Waals surface area contributed by atoms with Crippen LogP contribution in [0.1, 0.15) is 37.7 Å². The third-order valence-electron chi connectivity index (χ3n) is 4.30. The van der Waals surface area contributed by atoms with Gasteiger partial charge in [0, 0.05) is 25.3 Å². The lowest BCUT2D eigenvalue weighted by Crippen LogP contribution is -2.31. The van der Waals surface area contributed by atoms with Gasteiger partial charge in [-0.25, -0.2) is 0 Å². The molecule has 5 heteroatoms. The second-order valence-electron chi connectivity index (χ2n) is 5.90. The summed E-state index contributed by atoms with van der Waals surface area (Å²) in [5, 5.41) is 2.90. The van der Waals surface area contributed by atoms with Crippen LogP contribution in [-0.2, 0) is 16.0 Å². The highest BCUT2D eigenvalue weighted by molar-refractivity contribution is 5.87. The standard InChI is InChI=1S/C18H25NO4/c1-22-16-8-7-13(11-17(16)23-2)9-10-19-18(21)12-14-5-3-4-6-15(14)20/h7-8,11,14H,3-6,9-10,12H2,1-2H3,(H,19,21). The van der Waals surface area contributed by atoms with Crippen LogP contribution in [0.25, 0.3) is 0 Å².